The molecule has 0 bridgehead atoms. The van der Waals surface area contributed by atoms with Gasteiger partial charge in [-0.25, -0.2) is 0 Å². The Balaban J connectivity index is 2.15. The zero-order valence-corrected chi connectivity index (χ0v) is 11.0. The lowest BCUT2D eigenvalue weighted by Crippen LogP contribution is -2.29. The van der Waals surface area contributed by atoms with Gasteiger partial charge in [-0.1, -0.05) is 22.0 Å². The molecule has 2 rings (SSSR count). The van der Waals surface area contributed by atoms with Gasteiger partial charge in [0.15, 0.2) is 6.10 Å². The van der Waals surface area contributed by atoms with Crippen LogP contribution in [0.15, 0.2) is 22.7 Å². The Morgan fingerprint density at radius 1 is 1.50 bits per heavy atom. The Kier molecular flexibility index (Phi) is 3.19. The first-order valence-corrected chi connectivity index (χ1v) is 6.05. The normalized spacial score (nSPS) is 20.3. The van der Waals surface area contributed by atoms with Crippen molar-refractivity contribution < 1.29 is 9.53 Å². The van der Waals surface area contributed by atoms with Crippen molar-refractivity contribution in [1.82, 2.24) is 4.90 Å². The number of likely N-dealkylation sites (N-methyl/N-ethyl adjacent to an activating group) is 1. The summed E-state index contributed by atoms with van der Waals surface area (Å²) in [5, 5.41) is 0. The molecular formula is C12H14BrNO2. The second-order valence-corrected chi connectivity index (χ2v) is 4.98. The maximum atomic E-state index is 11.7. The number of ether oxygens (including phenoxy) is 1. The molecular weight excluding hydrogens is 270 g/mol. The SMILES string of the molecule is Cc1ccc(Br)cc1OC1CCN(C)C1=O. The molecule has 0 N–H and O–H groups in total. The smallest absolute Gasteiger partial charge is 0.263 e. The molecule has 0 spiro atoms. The van der Waals surface area contributed by atoms with Crippen molar-refractivity contribution in [2.24, 2.45) is 0 Å². The van der Waals surface area contributed by atoms with E-state index in [1.165, 1.54) is 0 Å². The van der Waals surface area contributed by atoms with Gasteiger partial charge < -0.3 is 9.64 Å². The van der Waals surface area contributed by atoms with Crippen LogP contribution in [-0.4, -0.2) is 30.5 Å². The number of hydrogen-bond acceptors (Lipinski definition) is 2. The number of benzene rings is 1. The molecule has 1 atom stereocenters. The van der Waals surface area contributed by atoms with Crippen LogP contribution < -0.4 is 4.74 Å². The van der Waals surface area contributed by atoms with Crippen LogP contribution >= 0.6 is 15.9 Å². The number of carbonyl (C=O) groups is 1. The van der Waals surface area contributed by atoms with E-state index in [4.69, 9.17) is 4.74 Å². The molecule has 1 heterocycles. The Labute approximate surface area is 104 Å². The minimum Gasteiger partial charge on any atom is -0.480 e. The lowest BCUT2D eigenvalue weighted by molar-refractivity contribution is -0.132. The third-order valence-electron chi connectivity index (χ3n) is 2.80. The van der Waals surface area contributed by atoms with Crippen LogP contribution in [0, 0.1) is 6.92 Å². The zero-order valence-electron chi connectivity index (χ0n) is 9.37. The third-order valence-corrected chi connectivity index (χ3v) is 3.29. The lowest BCUT2D eigenvalue weighted by atomic mass is 10.2. The number of aryl methyl sites for hydroxylation is 1. The standard InChI is InChI=1S/C12H14BrNO2/c1-8-3-4-9(13)7-11(8)16-10-5-6-14(2)12(10)15/h3-4,7,10H,5-6H2,1-2H3. The summed E-state index contributed by atoms with van der Waals surface area (Å²) in [5.74, 6) is 0.849. The molecule has 1 aromatic rings. The highest BCUT2D eigenvalue weighted by Gasteiger charge is 2.31. The van der Waals surface area contributed by atoms with E-state index in [0.717, 1.165) is 28.8 Å². The van der Waals surface area contributed by atoms with Gasteiger partial charge >= 0.3 is 0 Å². The van der Waals surface area contributed by atoms with E-state index >= 15 is 0 Å². The average molecular weight is 284 g/mol. The Hall–Kier alpha value is -1.03. The van der Waals surface area contributed by atoms with Crippen molar-refractivity contribution in [3.05, 3.63) is 28.2 Å². The van der Waals surface area contributed by atoms with Crippen LogP contribution in [-0.2, 0) is 4.79 Å². The summed E-state index contributed by atoms with van der Waals surface area (Å²) in [5.41, 5.74) is 1.05. The predicted octanol–water partition coefficient (Wildman–Crippen LogP) is 2.37. The van der Waals surface area contributed by atoms with E-state index < -0.39 is 0 Å². The summed E-state index contributed by atoms with van der Waals surface area (Å²) in [6, 6.07) is 5.84. The van der Waals surface area contributed by atoms with Crippen molar-refractivity contribution in [2.45, 2.75) is 19.4 Å². The summed E-state index contributed by atoms with van der Waals surface area (Å²) in [4.78, 5) is 13.4. The van der Waals surface area contributed by atoms with Crippen LogP contribution in [0.2, 0.25) is 0 Å². The topological polar surface area (TPSA) is 29.5 Å². The van der Waals surface area contributed by atoms with Crippen LogP contribution in [0.3, 0.4) is 0 Å². The van der Waals surface area contributed by atoms with Crippen molar-refractivity contribution in [2.75, 3.05) is 13.6 Å². The number of likely N-dealkylation sites (tertiary alicyclic amines) is 1. The first-order valence-electron chi connectivity index (χ1n) is 5.25. The average Bonchev–Trinajstić information content (AvgIpc) is 2.55. The molecule has 1 amide bonds. The van der Waals surface area contributed by atoms with Gasteiger partial charge in [0.25, 0.3) is 5.91 Å². The Morgan fingerprint density at radius 3 is 2.88 bits per heavy atom. The number of halogens is 1. The molecule has 0 radical (unpaired) electrons. The number of hydrogen-bond donors (Lipinski definition) is 0. The van der Waals surface area contributed by atoms with E-state index in [0.29, 0.717) is 0 Å². The monoisotopic (exact) mass is 283 g/mol. The van der Waals surface area contributed by atoms with Gasteiger partial charge in [0.05, 0.1) is 0 Å². The molecule has 1 saturated heterocycles. The van der Waals surface area contributed by atoms with E-state index in [2.05, 4.69) is 15.9 Å². The second-order valence-electron chi connectivity index (χ2n) is 4.06. The van der Waals surface area contributed by atoms with E-state index in [-0.39, 0.29) is 12.0 Å². The van der Waals surface area contributed by atoms with Crippen molar-refractivity contribution >= 4 is 21.8 Å². The molecule has 1 aliphatic heterocycles. The molecule has 16 heavy (non-hydrogen) atoms. The van der Waals surface area contributed by atoms with Gasteiger partial charge in [-0.3, -0.25) is 4.79 Å². The van der Waals surface area contributed by atoms with Gasteiger partial charge in [0.2, 0.25) is 0 Å². The third kappa shape index (κ3) is 2.21. The summed E-state index contributed by atoms with van der Waals surface area (Å²) >= 11 is 3.40. The molecule has 86 valence electrons. The molecule has 0 aromatic heterocycles. The van der Waals surface area contributed by atoms with Crippen molar-refractivity contribution in [1.29, 1.82) is 0 Å². The molecule has 3 nitrogen and oxygen atoms in total. The highest BCUT2D eigenvalue weighted by molar-refractivity contribution is 9.10. The van der Waals surface area contributed by atoms with E-state index in [1.807, 2.05) is 25.1 Å². The molecule has 1 unspecified atom stereocenters. The minimum absolute atomic E-state index is 0.0689. The maximum Gasteiger partial charge on any atom is 0.263 e. The Morgan fingerprint density at radius 2 is 2.25 bits per heavy atom. The largest absolute Gasteiger partial charge is 0.480 e. The lowest BCUT2D eigenvalue weighted by Gasteiger charge is -2.14. The van der Waals surface area contributed by atoms with E-state index in [9.17, 15) is 4.79 Å². The minimum atomic E-state index is -0.321. The summed E-state index contributed by atoms with van der Waals surface area (Å²) in [6.45, 7) is 2.75. The van der Waals surface area contributed by atoms with Crippen molar-refractivity contribution in [3.8, 4) is 5.75 Å². The predicted molar refractivity (Wildman–Crippen MR) is 65.5 cm³/mol. The Bertz CT molecular complexity index is 419. The number of rotatable bonds is 2. The molecule has 0 aliphatic carbocycles. The fourth-order valence-corrected chi connectivity index (χ4v) is 2.09. The molecule has 1 aromatic carbocycles. The van der Waals surface area contributed by atoms with Crippen LogP contribution in [0.4, 0.5) is 0 Å². The highest BCUT2D eigenvalue weighted by Crippen LogP contribution is 2.26. The van der Waals surface area contributed by atoms with Gasteiger partial charge in [-0.05, 0) is 24.6 Å². The van der Waals surface area contributed by atoms with Gasteiger partial charge in [0, 0.05) is 24.5 Å². The van der Waals surface area contributed by atoms with Crippen LogP contribution in [0.5, 0.6) is 5.75 Å². The number of amides is 1. The zero-order chi connectivity index (χ0) is 11.7. The molecule has 4 heteroatoms. The number of nitrogens with zero attached hydrogens (tertiary/aromatic N) is 1. The summed E-state index contributed by atoms with van der Waals surface area (Å²) in [6.07, 6.45) is 0.444. The first-order chi connectivity index (χ1) is 7.58. The highest BCUT2D eigenvalue weighted by atomic mass is 79.9. The fourth-order valence-electron chi connectivity index (χ4n) is 1.75. The first kappa shape index (κ1) is 11.5. The fraction of sp³-hybridized carbons (Fsp3) is 0.417. The molecule has 1 fully saturated rings. The summed E-state index contributed by atoms with van der Waals surface area (Å²) in [7, 11) is 1.81. The quantitative estimate of drug-likeness (QED) is 0.834. The van der Waals surface area contributed by atoms with Gasteiger partial charge in [-0.15, -0.1) is 0 Å². The second kappa shape index (κ2) is 4.45. The van der Waals surface area contributed by atoms with Crippen LogP contribution in [0.25, 0.3) is 0 Å². The number of carbonyl (C=O) groups excluding carboxylic acids is 1. The molecule has 1 aliphatic rings. The van der Waals surface area contributed by atoms with Crippen LogP contribution in [0.1, 0.15) is 12.0 Å². The summed E-state index contributed by atoms with van der Waals surface area (Å²) < 4.78 is 6.71. The van der Waals surface area contributed by atoms with Crippen molar-refractivity contribution in [3.63, 3.8) is 0 Å². The maximum absolute atomic E-state index is 11.7. The van der Waals surface area contributed by atoms with Gasteiger partial charge in [0.1, 0.15) is 5.75 Å². The molecule has 0 saturated carbocycles. The van der Waals surface area contributed by atoms with Gasteiger partial charge in [-0.2, -0.15) is 0 Å². The van der Waals surface area contributed by atoms with E-state index in [1.54, 1.807) is 11.9 Å².